The molecule has 1 aromatic rings. The van der Waals surface area contributed by atoms with E-state index < -0.39 is 21.9 Å². The number of hydrogen-bond acceptors (Lipinski definition) is 3. The van der Waals surface area contributed by atoms with E-state index in [0.717, 1.165) is 19.1 Å². The van der Waals surface area contributed by atoms with Crippen molar-refractivity contribution in [3.05, 3.63) is 35.6 Å². The van der Waals surface area contributed by atoms with Gasteiger partial charge in [-0.25, -0.2) is 17.5 Å². The largest absolute Gasteiger partial charge is 0.356 e. The number of halogens is 1. The lowest BCUT2D eigenvalue weighted by atomic mass is 10.0. The second-order valence-corrected chi connectivity index (χ2v) is 6.68. The number of amides is 1. The Morgan fingerprint density at radius 1 is 1.29 bits per heavy atom. The maximum absolute atomic E-state index is 12.9. The number of sulfonamides is 1. The first-order valence-corrected chi connectivity index (χ1v) is 8.70. The van der Waals surface area contributed by atoms with Crippen molar-refractivity contribution in [1.82, 2.24) is 10.0 Å². The molecule has 0 unspecified atom stereocenters. The Labute approximate surface area is 125 Å². The lowest BCUT2D eigenvalue weighted by Gasteiger charge is -2.17. The van der Waals surface area contributed by atoms with E-state index >= 15 is 0 Å². The topological polar surface area (TPSA) is 75.3 Å². The zero-order valence-electron chi connectivity index (χ0n) is 12.2. The molecule has 0 saturated heterocycles. The van der Waals surface area contributed by atoms with Gasteiger partial charge in [0.05, 0.1) is 12.3 Å². The summed E-state index contributed by atoms with van der Waals surface area (Å²) in [5.74, 6) is -0.654. The molecule has 0 fully saturated rings. The number of rotatable bonds is 8. The summed E-state index contributed by atoms with van der Waals surface area (Å²) in [6.45, 7) is 2.57. The lowest BCUT2D eigenvalue weighted by Crippen LogP contribution is -2.33. The van der Waals surface area contributed by atoms with Gasteiger partial charge < -0.3 is 5.32 Å². The van der Waals surface area contributed by atoms with Gasteiger partial charge in [0.25, 0.3) is 0 Å². The molecule has 0 bridgehead atoms. The van der Waals surface area contributed by atoms with Gasteiger partial charge in [0.1, 0.15) is 5.82 Å². The van der Waals surface area contributed by atoms with Crippen LogP contribution in [0.15, 0.2) is 24.3 Å². The molecule has 0 aliphatic carbocycles. The molecule has 1 atom stereocenters. The molecule has 1 aromatic carbocycles. The molecule has 0 saturated carbocycles. The molecule has 0 aliphatic rings. The summed E-state index contributed by atoms with van der Waals surface area (Å²) in [7, 11) is -3.48. The minimum Gasteiger partial charge on any atom is -0.356 e. The summed E-state index contributed by atoms with van der Waals surface area (Å²) in [4.78, 5) is 11.8. The van der Waals surface area contributed by atoms with Crippen molar-refractivity contribution in [2.45, 2.75) is 32.2 Å². The average Bonchev–Trinajstić information content (AvgIpc) is 2.37. The molecule has 7 heteroatoms. The first-order valence-electron chi connectivity index (χ1n) is 6.81. The van der Waals surface area contributed by atoms with Crippen molar-refractivity contribution >= 4 is 15.9 Å². The number of benzene rings is 1. The van der Waals surface area contributed by atoms with Crippen molar-refractivity contribution in [1.29, 1.82) is 0 Å². The summed E-state index contributed by atoms with van der Waals surface area (Å²) in [6, 6.07) is 4.71. The fourth-order valence-corrected chi connectivity index (χ4v) is 2.58. The van der Waals surface area contributed by atoms with Crippen LogP contribution >= 0.6 is 0 Å². The van der Waals surface area contributed by atoms with E-state index in [2.05, 4.69) is 10.0 Å². The van der Waals surface area contributed by atoms with Gasteiger partial charge in [-0.3, -0.25) is 4.79 Å². The Balaban J connectivity index is 2.78. The SMILES string of the molecule is CCCCNC(=O)C[C@@H](NS(C)(=O)=O)c1ccc(F)cc1. The van der Waals surface area contributed by atoms with Crippen LogP contribution in [0.2, 0.25) is 0 Å². The molecular formula is C14H21FN2O3S. The molecule has 0 aromatic heterocycles. The second kappa shape index (κ2) is 8.09. The number of nitrogens with one attached hydrogen (secondary N) is 2. The Morgan fingerprint density at radius 2 is 1.90 bits per heavy atom. The molecule has 1 amide bonds. The normalized spacial score (nSPS) is 12.9. The van der Waals surface area contributed by atoms with Crippen molar-refractivity contribution < 1.29 is 17.6 Å². The first-order chi connectivity index (χ1) is 9.81. The Morgan fingerprint density at radius 3 is 2.43 bits per heavy atom. The first kappa shape index (κ1) is 17.6. The summed E-state index contributed by atoms with van der Waals surface area (Å²) >= 11 is 0. The van der Waals surface area contributed by atoms with Crippen LogP contribution in [0.1, 0.15) is 37.8 Å². The lowest BCUT2D eigenvalue weighted by molar-refractivity contribution is -0.121. The zero-order valence-corrected chi connectivity index (χ0v) is 13.0. The maximum Gasteiger partial charge on any atom is 0.221 e. The summed E-state index contributed by atoms with van der Waals surface area (Å²) < 4.78 is 38.2. The highest BCUT2D eigenvalue weighted by Gasteiger charge is 2.19. The van der Waals surface area contributed by atoms with Crippen molar-refractivity contribution in [3.63, 3.8) is 0 Å². The number of carbonyl (C=O) groups excluding carboxylic acids is 1. The monoisotopic (exact) mass is 316 g/mol. The van der Waals surface area contributed by atoms with Gasteiger partial charge in [-0.15, -0.1) is 0 Å². The van der Waals surface area contributed by atoms with Gasteiger partial charge in [-0.1, -0.05) is 25.5 Å². The van der Waals surface area contributed by atoms with Crippen molar-refractivity contribution in [2.75, 3.05) is 12.8 Å². The van der Waals surface area contributed by atoms with Gasteiger partial charge in [0, 0.05) is 13.0 Å². The molecular weight excluding hydrogens is 295 g/mol. The van der Waals surface area contributed by atoms with Crippen LogP contribution in [0.25, 0.3) is 0 Å². The molecule has 1 rings (SSSR count). The van der Waals surface area contributed by atoms with E-state index in [1.54, 1.807) is 0 Å². The fraction of sp³-hybridized carbons (Fsp3) is 0.500. The van der Waals surface area contributed by atoms with Gasteiger partial charge in [0.15, 0.2) is 0 Å². The zero-order chi connectivity index (χ0) is 15.9. The summed E-state index contributed by atoms with van der Waals surface area (Å²) in [5.41, 5.74) is 0.549. The van der Waals surface area contributed by atoms with Crippen LogP contribution < -0.4 is 10.0 Å². The van der Waals surface area contributed by atoms with Gasteiger partial charge >= 0.3 is 0 Å². The summed E-state index contributed by atoms with van der Waals surface area (Å²) in [5, 5.41) is 2.73. The van der Waals surface area contributed by atoms with E-state index in [4.69, 9.17) is 0 Å². The quantitative estimate of drug-likeness (QED) is 0.717. The van der Waals surface area contributed by atoms with Crippen molar-refractivity contribution in [3.8, 4) is 0 Å². The van der Waals surface area contributed by atoms with Crippen LogP contribution in [0, 0.1) is 5.82 Å². The predicted octanol–water partition coefficient (Wildman–Crippen LogP) is 1.72. The number of unbranched alkanes of at least 4 members (excludes halogenated alkanes) is 1. The van der Waals surface area contributed by atoms with Crippen LogP contribution in [0.5, 0.6) is 0 Å². The Kier molecular flexibility index (Phi) is 6.77. The molecule has 21 heavy (non-hydrogen) atoms. The third-order valence-corrected chi connectivity index (χ3v) is 3.58. The number of carbonyl (C=O) groups is 1. The molecule has 5 nitrogen and oxygen atoms in total. The van der Waals surface area contributed by atoms with Crippen LogP contribution in [0.4, 0.5) is 4.39 Å². The van der Waals surface area contributed by atoms with Crippen molar-refractivity contribution in [2.24, 2.45) is 0 Å². The minimum atomic E-state index is -3.48. The highest BCUT2D eigenvalue weighted by molar-refractivity contribution is 7.88. The number of hydrogen-bond donors (Lipinski definition) is 2. The Bertz CT molecular complexity index is 558. The predicted molar refractivity (Wildman–Crippen MR) is 79.7 cm³/mol. The van der Waals surface area contributed by atoms with E-state index in [-0.39, 0.29) is 12.3 Å². The summed E-state index contributed by atoms with van der Waals surface area (Å²) in [6.07, 6.45) is 2.83. The van der Waals surface area contributed by atoms with E-state index in [9.17, 15) is 17.6 Å². The molecule has 0 heterocycles. The smallest absolute Gasteiger partial charge is 0.221 e. The van der Waals surface area contributed by atoms with Gasteiger partial charge in [-0.05, 0) is 24.1 Å². The third-order valence-electron chi connectivity index (χ3n) is 2.87. The Hall–Kier alpha value is -1.47. The molecule has 2 N–H and O–H groups in total. The highest BCUT2D eigenvalue weighted by atomic mass is 32.2. The standard InChI is InChI=1S/C14H21FN2O3S/c1-3-4-9-16-14(18)10-13(17-21(2,19)20)11-5-7-12(15)8-6-11/h5-8,13,17H,3-4,9-10H2,1-2H3,(H,16,18)/t13-/m1/s1. The maximum atomic E-state index is 12.9. The minimum absolute atomic E-state index is 0.0254. The van der Waals surface area contributed by atoms with Gasteiger partial charge in [-0.2, -0.15) is 0 Å². The third kappa shape index (κ3) is 7.19. The van der Waals surface area contributed by atoms with Crippen LogP contribution in [-0.2, 0) is 14.8 Å². The van der Waals surface area contributed by atoms with E-state index in [1.807, 2.05) is 6.92 Å². The molecule has 118 valence electrons. The van der Waals surface area contributed by atoms with E-state index in [0.29, 0.717) is 12.1 Å². The second-order valence-electron chi connectivity index (χ2n) is 4.90. The van der Waals surface area contributed by atoms with Crippen LogP contribution in [-0.4, -0.2) is 27.1 Å². The molecule has 0 radical (unpaired) electrons. The molecule has 0 spiro atoms. The van der Waals surface area contributed by atoms with Gasteiger partial charge in [0.2, 0.25) is 15.9 Å². The van der Waals surface area contributed by atoms with Crippen LogP contribution in [0.3, 0.4) is 0 Å². The van der Waals surface area contributed by atoms with E-state index in [1.165, 1.54) is 24.3 Å². The highest BCUT2D eigenvalue weighted by Crippen LogP contribution is 2.18. The average molecular weight is 316 g/mol. The molecule has 0 aliphatic heterocycles. The fourth-order valence-electron chi connectivity index (χ4n) is 1.84.